The van der Waals surface area contributed by atoms with Crippen LogP contribution in [0.5, 0.6) is 0 Å². The molecule has 0 unspecified atom stereocenters. The van der Waals surface area contributed by atoms with E-state index in [-0.39, 0.29) is 29.5 Å². The SMILES string of the molecule is O=C(Cc1c(F)cccc1Cl)NCc1cnc2cnccn12. The van der Waals surface area contributed by atoms with Crippen LogP contribution in [0.25, 0.3) is 5.65 Å². The molecule has 22 heavy (non-hydrogen) atoms. The van der Waals surface area contributed by atoms with Gasteiger partial charge in [-0.1, -0.05) is 17.7 Å². The van der Waals surface area contributed by atoms with E-state index in [0.717, 1.165) is 5.69 Å². The maximum absolute atomic E-state index is 13.6. The molecule has 0 atom stereocenters. The van der Waals surface area contributed by atoms with Gasteiger partial charge in [0, 0.05) is 23.0 Å². The first-order valence-corrected chi connectivity index (χ1v) is 6.98. The average Bonchev–Trinajstić information content (AvgIpc) is 2.92. The fraction of sp³-hybridized carbons (Fsp3) is 0.133. The highest BCUT2D eigenvalue weighted by atomic mass is 35.5. The highest BCUT2D eigenvalue weighted by Gasteiger charge is 2.12. The number of amides is 1. The van der Waals surface area contributed by atoms with Crippen molar-refractivity contribution in [3.63, 3.8) is 0 Å². The minimum absolute atomic E-state index is 0.107. The number of imidazole rings is 1. The lowest BCUT2D eigenvalue weighted by Gasteiger charge is -2.07. The summed E-state index contributed by atoms with van der Waals surface area (Å²) in [6.45, 7) is 0.288. The second-order valence-corrected chi connectivity index (χ2v) is 5.11. The monoisotopic (exact) mass is 318 g/mol. The Morgan fingerprint density at radius 1 is 1.36 bits per heavy atom. The first-order chi connectivity index (χ1) is 10.6. The van der Waals surface area contributed by atoms with Gasteiger partial charge in [-0.3, -0.25) is 14.2 Å². The van der Waals surface area contributed by atoms with Crippen LogP contribution in [0.2, 0.25) is 5.02 Å². The lowest BCUT2D eigenvalue weighted by molar-refractivity contribution is -0.120. The first-order valence-electron chi connectivity index (χ1n) is 6.60. The summed E-state index contributed by atoms with van der Waals surface area (Å²) in [6.07, 6.45) is 6.58. The van der Waals surface area contributed by atoms with E-state index in [0.29, 0.717) is 5.65 Å². The number of aromatic nitrogens is 3. The molecule has 5 nitrogen and oxygen atoms in total. The van der Waals surface area contributed by atoms with Gasteiger partial charge >= 0.3 is 0 Å². The third kappa shape index (κ3) is 2.92. The molecule has 2 heterocycles. The summed E-state index contributed by atoms with van der Waals surface area (Å²) in [7, 11) is 0. The van der Waals surface area contributed by atoms with Gasteiger partial charge in [-0.05, 0) is 12.1 Å². The van der Waals surface area contributed by atoms with Gasteiger partial charge in [-0.15, -0.1) is 0 Å². The van der Waals surface area contributed by atoms with E-state index >= 15 is 0 Å². The molecular formula is C15H12ClFN4O. The van der Waals surface area contributed by atoms with Crippen LogP contribution < -0.4 is 5.32 Å². The minimum Gasteiger partial charge on any atom is -0.350 e. The number of hydrogen-bond donors (Lipinski definition) is 1. The number of nitrogens with zero attached hydrogens (tertiary/aromatic N) is 3. The van der Waals surface area contributed by atoms with Crippen LogP contribution >= 0.6 is 11.6 Å². The number of nitrogens with one attached hydrogen (secondary N) is 1. The number of carbonyl (C=O) groups excluding carboxylic acids is 1. The Morgan fingerprint density at radius 2 is 2.23 bits per heavy atom. The van der Waals surface area contributed by atoms with Crippen molar-refractivity contribution in [1.82, 2.24) is 19.7 Å². The maximum Gasteiger partial charge on any atom is 0.224 e. The molecule has 0 radical (unpaired) electrons. The summed E-state index contributed by atoms with van der Waals surface area (Å²) in [4.78, 5) is 20.1. The highest BCUT2D eigenvalue weighted by molar-refractivity contribution is 6.31. The Labute approximate surface area is 130 Å². The van der Waals surface area contributed by atoms with E-state index < -0.39 is 5.82 Å². The molecule has 1 N–H and O–H groups in total. The van der Waals surface area contributed by atoms with Crippen LogP contribution in [0.3, 0.4) is 0 Å². The second-order valence-electron chi connectivity index (χ2n) is 4.71. The molecule has 0 bridgehead atoms. The summed E-state index contributed by atoms with van der Waals surface area (Å²) in [5.74, 6) is -0.792. The fourth-order valence-electron chi connectivity index (χ4n) is 2.14. The Bertz CT molecular complexity index is 813. The molecule has 3 aromatic rings. The molecule has 0 saturated carbocycles. The zero-order chi connectivity index (χ0) is 15.5. The van der Waals surface area contributed by atoms with Crippen molar-refractivity contribution in [2.45, 2.75) is 13.0 Å². The van der Waals surface area contributed by atoms with E-state index in [1.165, 1.54) is 12.1 Å². The number of fused-ring (bicyclic) bond motifs is 1. The number of rotatable bonds is 4. The summed E-state index contributed by atoms with van der Waals surface area (Å²) < 4.78 is 15.5. The Morgan fingerprint density at radius 3 is 3.05 bits per heavy atom. The van der Waals surface area contributed by atoms with Gasteiger partial charge in [-0.2, -0.15) is 0 Å². The molecule has 0 saturated heterocycles. The average molecular weight is 319 g/mol. The fourth-order valence-corrected chi connectivity index (χ4v) is 2.37. The highest BCUT2D eigenvalue weighted by Crippen LogP contribution is 2.19. The zero-order valence-corrected chi connectivity index (χ0v) is 12.2. The second kappa shape index (κ2) is 6.11. The van der Waals surface area contributed by atoms with Crippen molar-refractivity contribution in [3.05, 3.63) is 65.1 Å². The summed E-state index contributed by atoms with van der Waals surface area (Å²) in [5.41, 5.74) is 1.71. The van der Waals surface area contributed by atoms with Gasteiger partial charge in [-0.25, -0.2) is 9.37 Å². The van der Waals surface area contributed by atoms with Gasteiger partial charge in [0.05, 0.1) is 31.1 Å². The van der Waals surface area contributed by atoms with E-state index in [9.17, 15) is 9.18 Å². The molecular weight excluding hydrogens is 307 g/mol. The summed E-state index contributed by atoms with van der Waals surface area (Å²) in [5, 5.41) is 2.98. The van der Waals surface area contributed by atoms with Crippen molar-refractivity contribution < 1.29 is 9.18 Å². The standard InChI is InChI=1S/C15H12ClFN4O/c16-12-2-1-3-13(17)11(12)6-15(22)20-8-10-7-19-14-9-18-4-5-21(10)14/h1-5,7,9H,6,8H2,(H,20,22). The van der Waals surface area contributed by atoms with Crippen LogP contribution in [0.1, 0.15) is 11.3 Å². The molecule has 3 rings (SSSR count). The molecule has 0 spiro atoms. The van der Waals surface area contributed by atoms with Crippen LogP contribution in [-0.2, 0) is 17.8 Å². The quantitative estimate of drug-likeness (QED) is 0.803. The van der Waals surface area contributed by atoms with E-state index in [4.69, 9.17) is 11.6 Å². The maximum atomic E-state index is 13.6. The van der Waals surface area contributed by atoms with Crippen LogP contribution in [0.15, 0.2) is 43.0 Å². The predicted molar refractivity (Wildman–Crippen MR) is 79.9 cm³/mol. The number of hydrogen-bond acceptors (Lipinski definition) is 3. The van der Waals surface area contributed by atoms with Crippen molar-refractivity contribution in [3.8, 4) is 0 Å². The van der Waals surface area contributed by atoms with Crippen molar-refractivity contribution in [2.24, 2.45) is 0 Å². The van der Waals surface area contributed by atoms with Crippen LogP contribution in [0.4, 0.5) is 4.39 Å². The van der Waals surface area contributed by atoms with Crippen molar-refractivity contribution in [2.75, 3.05) is 0 Å². The van der Waals surface area contributed by atoms with Crippen LogP contribution in [0, 0.1) is 5.82 Å². The number of benzene rings is 1. The Balaban J connectivity index is 1.68. The molecule has 1 amide bonds. The topological polar surface area (TPSA) is 59.3 Å². The Kier molecular flexibility index (Phi) is 4.02. The number of halogens is 2. The zero-order valence-electron chi connectivity index (χ0n) is 11.5. The Hall–Kier alpha value is -2.47. The van der Waals surface area contributed by atoms with Gasteiger partial charge < -0.3 is 5.32 Å². The number of carbonyl (C=O) groups is 1. The first kappa shape index (κ1) is 14.5. The molecule has 112 valence electrons. The van der Waals surface area contributed by atoms with Crippen LogP contribution in [-0.4, -0.2) is 20.3 Å². The lowest BCUT2D eigenvalue weighted by Crippen LogP contribution is -2.25. The minimum atomic E-state index is -0.483. The largest absolute Gasteiger partial charge is 0.350 e. The third-order valence-corrected chi connectivity index (χ3v) is 3.61. The molecule has 1 aromatic carbocycles. The molecule has 0 aliphatic heterocycles. The van der Waals surface area contributed by atoms with Gasteiger partial charge in [0.15, 0.2) is 5.65 Å². The molecule has 0 aliphatic carbocycles. The lowest BCUT2D eigenvalue weighted by atomic mass is 10.1. The third-order valence-electron chi connectivity index (χ3n) is 3.26. The van der Waals surface area contributed by atoms with E-state index in [1.54, 1.807) is 30.9 Å². The summed E-state index contributed by atoms with van der Waals surface area (Å²) >= 11 is 5.91. The smallest absolute Gasteiger partial charge is 0.224 e. The molecule has 7 heteroatoms. The van der Waals surface area contributed by atoms with Crippen molar-refractivity contribution >= 4 is 23.2 Å². The molecule has 2 aromatic heterocycles. The normalized spacial score (nSPS) is 10.8. The van der Waals surface area contributed by atoms with Gasteiger partial charge in [0.1, 0.15) is 5.82 Å². The van der Waals surface area contributed by atoms with E-state index in [1.807, 2.05) is 4.40 Å². The van der Waals surface area contributed by atoms with Crippen molar-refractivity contribution in [1.29, 1.82) is 0 Å². The summed E-state index contributed by atoms with van der Waals surface area (Å²) in [6, 6.07) is 4.35. The predicted octanol–water partition coefficient (Wildman–Crippen LogP) is 2.38. The van der Waals surface area contributed by atoms with Gasteiger partial charge in [0.2, 0.25) is 5.91 Å². The van der Waals surface area contributed by atoms with E-state index in [2.05, 4.69) is 15.3 Å². The molecule has 0 fully saturated rings. The molecule has 0 aliphatic rings. The van der Waals surface area contributed by atoms with Gasteiger partial charge in [0.25, 0.3) is 0 Å².